The van der Waals surface area contributed by atoms with Crippen LogP contribution in [-0.2, 0) is 47.7 Å². The average Bonchev–Trinajstić information content (AvgIpc) is 0.830. The summed E-state index contributed by atoms with van der Waals surface area (Å²) in [7, 11) is -8.82. The molecule has 4 unspecified atom stereocenters. The van der Waals surface area contributed by atoms with Crippen molar-refractivity contribution < 1.29 is 128 Å². The molecule has 2 fully saturated rings. The molecule has 2 aliphatic carbocycles. The van der Waals surface area contributed by atoms with Crippen molar-refractivity contribution in [1.29, 1.82) is 0 Å². The van der Waals surface area contributed by atoms with Crippen molar-refractivity contribution >= 4 is 32.2 Å². The van der Waals surface area contributed by atoms with Crippen molar-refractivity contribution in [3.8, 4) is 17.2 Å². The van der Waals surface area contributed by atoms with Crippen LogP contribution in [0.5, 0.6) is 17.2 Å². The molecule has 117 heavy (non-hydrogen) atoms. The Morgan fingerprint density at radius 2 is 0.769 bits per heavy atom. The predicted octanol–water partition coefficient (Wildman–Crippen LogP) is 13.7. The molecular weight excluding hydrogens is 1850 g/mol. The fourth-order valence-electron chi connectivity index (χ4n) is 12.9. The minimum atomic E-state index is -4.41. The molecule has 0 aliphatic heterocycles. The lowest BCUT2D eigenvalue weighted by atomic mass is 9.82. The molecular formula is C98H108I3O14S2+. The lowest BCUT2D eigenvalue weighted by molar-refractivity contribution is -0.597. The summed E-state index contributed by atoms with van der Waals surface area (Å²) in [6.45, 7) is 16.3. The van der Waals surface area contributed by atoms with Gasteiger partial charge in [0.25, 0.3) is 0 Å². The lowest BCUT2D eigenvalue weighted by Crippen LogP contribution is -3.61. The van der Waals surface area contributed by atoms with Crippen LogP contribution in [0, 0.1) is 27.3 Å². The van der Waals surface area contributed by atoms with Gasteiger partial charge in [-0.3, -0.25) is 0 Å². The molecule has 11 aromatic rings. The van der Waals surface area contributed by atoms with Crippen LogP contribution < -0.4 is 77.8 Å². The van der Waals surface area contributed by atoms with Crippen molar-refractivity contribution in [2.75, 3.05) is 6.61 Å². The Balaban J connectivity index is 0.000000167. The number of halogens is 3. The molecule has 0 saturated heterocycles. The first-order valence-corrected chi connectivity index (χ1v) is 49.5. The molecule has 13 rings (SSSR count). The second-order valence-corrected chi connectivity index (χ2v) is 40.8. The van der Waals surface area contributed by atoms with Gasteiger partial charge in [-0.2, -0.15) is 0 Å². The number of rotatable bonds is 30. The summed E-state index contributed by atoms with van der Waals surface area (Å²) in [6.07, 6.45) is 16.4. The first-order valence-electron chi connectivity index (χ1n) is 40.2. The summed E-state index contributed by atoms with van der Waals surface area (Å²) >= 11 is -0.507. The quantitative estimate of drug-likeness (QED) is 0.0178. The topological polar surface area (TPSA) is 204 Å². The van der Waals surface area contributed by atoms with E-state index >= 15 is 0 Å². The van der Waals surface area contributed by atoms with Gasteiger partial charge in [-0.1, -0.05) is 207 Å². The van der Waals surface area contributed by atoms with E-state index in [0.717, 1.165) is 67.1 Å². The highest BCUT2D eigenvalue weighted by Gasteiger charge is 2.35. The zero-order valence-electron chi connectivity index (χ0n) is 67.8. The Bertz CT molecular complexity index is 4800. The van der Waals surface area contributed by atoms with Gasteiger partial charge in [-0.05, 0) is 269 Å². The van der Waals surface area contributed by atoms with Crippen LogP contribution in [0.15, 0.2) is 301 Å². The van der Waals surface area contributed by atoms with Crippen molar-refractivity contribution in [2.24, 2.45) is 5.92 Å². The van der Waals surface area contributed by atoms with E-state index in [1.165, 1.54) is 139 Å². The smallest absolute Gasteiger partial charge is 0.357 e. The molecule has 2 saturated carbocycles. The van der Waals surface area contributed by atoms with Crippen LogP contribution in [0.2, 0.25) is 0 Å². The van der Waals surface area contributed by atoms with Crippen molar-refractivity contribution in [1.82, 2.24) is 0 Å². The largest absolute Gasteiger partial charge is 0.744 e. The summed E-state index contributed by atoms with van der Waals surface area (Å²) < 4.78 is 108. The Hall–Kier alpha value is -8.27. The SMILES string of the molecule is CC(OC(=O)c1ccc([I+]c2ccccc2)cc1)c1ccccc1.CC(OCCC1CCCCC1)Oc1ccc([I+]c2ccccc2)cc1.CCC(C)c1ccc(COc2ccc(S(=O)(=O)[O-])cc2)cc1.CCC(C)c1ccc(COc2ccc(S(=O)(=O)[O-])cc2)cc1.CCC1(OC(=O)c2ccc([I+]c3ccccc3)cc2)CCCCC1. The van der Waals surface area contributed by atoms with E-state index in [1.54, 1.807) is 0 Å². The number of benzene rings is 11. The van der Waals surface area contributed by atoms with E-state index in [-0.39, 0.29) is 103 Å². The van der Waals surface area contributed by atoms with Gasteiger partial charge in [0.15, 0.2) is 27.7 Å². The summed E-state index contributed by atoms with van der Waals surface area (Å²) in [6, 6.07) is 93.2. The molecule has 14 nitrogen and oxygen atoms in total. The number of esters is 2. The molecule has 11 aromatic carbocycles. The fraction of sp³-hybridized carbons (Fsp3) is 0.306. The molecule has 0 spiro atoms. The number of ether oxygens (including phenoxy) is 6. The molecule has 0 heterocycles. The van der Waals surface area contributed by atoms with Crippen LogP contribution >= 0.6 is 0 Å². The first-order chi connectivity index (χ1) is 56.5. The van der Waals surface area contributed by atoms with Crippen molar-refractivity contribution in [3.05, 3.63) is 352 Å². The molecule has 616 valence electrons. The molecule has 0 radical (unpaired) electrons. The predicted molar refractivity (Wildman–Crippen MR) is 448 cm³/mol. The number of carbonyl (C=O) groups excluding carboxylic acids is 2. The fourth-order valence-corrected chi connectivity index (χ4v) is 20.5. The van der Waals surface area contributed by atoms with Gasteiger partial charge in [-0.25, -0.2) is 26.4 Å². The monoisotopic (exact) mass is 1950 g/mol. The summed E-state index contributed by atoms with van der Waals surface area (Å²) in [5.74, 6) is 3.44. The number of carbonyl (C=O) groups is 2. The molecule has 4 atom stereocenters. The zero-order chi connectivity index (χ0) is 83.3. The standard InChI is InChI=1S/C22H28IO2.C21H18IO2.C21H24IO2.2C17H20O4S/c1-18(24-17-16-19-8-4-2-5-9-19)25-22-14-12-21(13-15-22)23-20-10-6-3-7-11-20;1-16(17-8-4-2-5-9-17)24-21(23)18-12-14-20(15-13-18)22-19-10-6-3-7-11-19;1-2-21(15-7-4-8-16-21)24-20(23)17-11-13-19(14-12-17)22-18-9-5-3-6-10-18;2*1-3-13(2)15-6-4-14(5-7-15)12-21-16-8-10-17(11-9-16)22(18,19)20/h3,6-7,10-15,18-19H,2,4-5,8-9,16-17H2,1H3;2-16H,1H3;3,5-6,9-14H,2,4,7-8,15-16H2,1H3;2*4-11,13H,3,12H2,1-2H3,(H,18,19,20)/q3*+1;;/p-2. The molecule has 0 N–H and O–H groups in total. The summed E-state index contributed by atoms with van der Waals surface area (Å²) in [4.78, 5) is 24.3. The number of hydrogen-bond donors (Lipinski definition) is 0. The zero-order valence-corrected chi connectivity index (χ0v) is 75.9. The van der Waals surface area contributed by atoms with Gasteiger partial charge >= 0.3 is 75.6 Å². The van der Waals surface area contributed by atoms with E-state index in [9.17, 15) is 35.5 Å². The van der Waals surface area contributed by atoms with Crippen LogP contribution in [0.25, 0.3) is 0 Å². The van der Waals surface area contributed by atoms with Gasteiger partial charge in [0, 0.05) is 0 Å². The molecule has 0 amide bonds. The second-order valence-electron chi connectivity index (χ2n) is 29.0. The Labute approximate surface area is 725 Å². The number of hydrogen-bond acceptors (Lipinski definition) is 14. The maximum Gasteiger partial charge on any atom is 0.357 e. The third-order valence-corrected chi connectivity index (χ3v) is 30.1. The maximum absolute atomic E-state index is 12.5. The van der Waals surface area contributed by atoms with Gasteiger partial charge in [-0.15, -0.1) is 0 Å². The summed E-state index contributed by atoms with van der Waals surface area (Å²) in [5, 5.41) is 0. The average molecular weight is 1950 g/mol. The highest BCUT2D eigenvalue weighted by atomic mass is 127. The van der Waals surface area contributed by atoms with Gasteiger partial charge < -0.3 is 37.5 Å². The van der Waals surface area contributed by atoms with Crippen molar-refractivity contribution in [2.45, 2.75) is 191 Å². The minimum Gasteiger partial charge on any atom is -0.744 e. The van der Waals surface area contributed by atoms with Crippen molar-refractivity contribution in [3.63, 3.8) is 0 Å². The van der Waals surface area contributed by atoms with Crippen LogP contribution in [0.4, 0.5) is 0 Å². The third-order valence-electron chi connectivity index (χ3n) is 20.4. The van der Waals surface area contributed by atoms with E-state index in [1.807, 2.05) is 117 Å². The molecule has 0 aromatic heterocycles. The first kappa shape index (κ1) is 92.6. The maximum atomic E-state index is 12.5. The van der Waals surface area contributed by atoms with E-state index < -0.39 is 20.2 Å². The Morgan fingerprint density at radius 3 is 1.15 bits per heavy atom. The highest BCUT2D eigenvalue weighted by molar-refractivity contribution is 7.86. The molecule has 2 aliphatic rings. The molecule has 19 heteroatoms. The van der Waals surface area contributed by atoms with E-state index in [4.69, 9.17) is 28.4 Å². The Kier molecular flexibility index (Phi) is 38.6. The Morgan fingerprint density at radius 1 is 0.410 bits per heavy atom. The minimum absolute atomic E-state index is 0.110. The highest BCUT2D eigenvalue weighted by Crippen LogP contribution is 2.35. The van der Waals surface area contributed by atoms with Crippen LogP contribution in [0.3, 0.4) is 0 Å². The van der Waals surface area contributed by atoms with Gasteiger partial charge in [0.05, 0.1) is 27.5 Å². The third kappa shape index (κ3) is 32.8. The normalized spacial score (nSPS) is 14.2. The second kappa shape index (κ2) is 48.7. The van der Waals surface area contributed by atoms with E-state index in [2.05, 4.69) is 174 Å². The van der Waals surface area contributed by atoms with Gasteiger partial charge in [0.2, 0.25) is 0 Å². The summed E-state index contributed by atoms with van der Waals surface area (Å²) in [5.41, 5.74) is 6.71. The van der Waals surface area contributed by atoms with Crippen LogP contribution in [0.1, 0.15) is 205 Å². The van der Waals surface area contributed by atoms with E-state index in [0.29, 0.717) is 47.7 Å². The lowest BCUT2D eigenvalue weighted by Gasteiger charge is -2.36. The molecule has 0 bridgehead atoms. The van der Waals surface area contributed by atoms with Gasteiger partial charge in [0.1, 0.15) is 62.4 Å². The van der Waals surface area contributed by atoms with Crippen LogP contribution in [-0.4, -0.2) is 56.4 Å².